The van der Waals surface area contributed by atoms with Gasteiger partial charge in [-0.15, -0.1) is 14.6 Å². The maximum Gasteiger partial charge on any atom is 0.296 e. The average Bonchev–Trinajstić information content (AvgIpc) is 3.15. The third-order valence-electron chi connectivity index (χ3n) is 7.65. The molecule has 0 saturated heterocycles. The fraction of sp³-hybridized carbons (Fsp3) is 0.0625. The standard InChI is InChI=1S/C32H23Br2ClN8O11S3/c33-14-20(34)29(45)36-17-8-9-25(57(49,50)51)22(12-17)42-43-27-24(52-53-54-55)11-16-10-18(56(46,47)48)13-23(26(16)28(27)44)38-32-40-30(35)39-31(41-32)37-21-7-3-5-15-4-1-2-6-19(15)21/h1-13,20,44,55H,14H2,(H,36,45)(H,46,47,48)(H,49,50,51)(H2,37,38,39,40,41)/b43-42+. The number of nitrogens with one attached hydrogen (secondary N) is 3. The molecule has 1 unspecified atom stereocenters. The summed E-state index contributed by atoms with van der Waals surface area (Å²) in [4.78, 5) is 28.0. The average molecular weight is 987 g/mol. The molecule has 0 radical (unpaired) electrons. The SMILES string of the molecule is O=C(Nc1ccc(S(=O)(=O)O)c(/N=N/c2c(OOOS)cc3cc(S(=O)(=O)O)cc(Nc4nc(Cl)nc(Nc5cccc6ccccc56)n4)c3c2O)c1)C(Br)CBr. The minimum absolute atomic E-state index is 0.0331. The quantitative estimate of drug-likeness (QED) is 0.0103. The van der Waals surface area contributed by atoms with Crippen LogP contribution in [0.4, 0.5) is 40.3 Å². The second-order valence-electron chi connectivity index (χ2n) is 11.3. The molecule has 1 amide bonds. The largest absolute Gasteiger partial charge is 0.505 e. The van der Waals surface area contributed by atoms with Gasteiger partial charge in [0.2, 0.25) is 28.8 Å². The van der Waals surface area contributed by atoms with Crippen LogP contribution < -0.4 is 20.8 Å². The Morgan fingerprint density at radius 1 is 0.877 bits per heavy atom. The van der Waals surface area contributed by atoms with E-state index in [1.54, 1.807) is 6.07 Å². The van der Waals surface area contributed by atoms with E-state index in [0.29, 0.717) is 5.69 Å². The number of phenolic OH excluding ortho intramolecular Hbond substituents is 1. The molecule has 1 aromatic heterocycles. The van der Waals surface area contributed by atoms with Gasteiger partial charge in [-0.2, -0.15) is 31.8 Å². The smallest absolute Gasteiger partial charge is 0.296 e. The highest BCUT2D eigenvalue weighted by Gasteiger charge is 2.24. The van der Waals surface area contributed by atoms with Crippen LogP contribution in [-0.4, -0.2) is 62.1 Å². The summed E-state index contributed by atoms with van der Waals surface area (Å²) in [6.45, 7) is 0. The number of thiol groups is 1. The van der Waals surface area contributed by atoms with Crippen molar-refractivity contribution >= 4 is 144 Å². The lowest BCUT2D eigenvalue weighted by atomic mass is 10.1. The normalized spacial score (nSPS) is 12.5. The van der Waals surface area contributed by atoms with Gasteiger partial charge in [0.1, 0.15) is 15.4 Å². The third-order valence-corrected chi connectivity index (χ3v) is 11.9. The first kappa shape index (κ1) is 41.9. The minimum Gasteiger partial charge on any atom is -0.505 e. The van der Waals surface area contributed by atoms with E-state index in [1.807, 2.05) is 36.4 Å². The van der Waals surface area contributed by atoms with Gasteiger partial charge in [0.05, 0.1) is 10.6 Å². The van der Waals surface area contributed by atoms with Crippen molar-refractivity contribution in [3.8, 4) is 11.5 Å². The molecular weight excluding hydrogens is 964 g/mol. The van der Waals surface area contributed by atoms with Crippen molar-refractivity contribution in [3.05, 3.63) is 84.1 Å². The Morgan fingerprint density at radius 2 is 1.58 bits per heavy atom. The summed E-state index contributed by atoms with van der Waals surface area (Å²) in [5.41, 5.74) is -0.678. The Balaban J connectivity index is 1.49. The van der Waals surface area contributed by atoms with Gasteiger partial charge in [-0.25, -0.2) is 0 Å². The van der Waals surface area contributed by atoms with Gasteiger partial charge < -0.3 is 25.9 Å². The lowest BCUT2D eigenvalue weighted by Crippen LogP contribution is -2.23. The van der Waals surface area contributed by atoms with Crippen LogP contribution in [0.25, 0.3) is 21.5 Å². The number of carbonyl (C=O) groups excluding carboxylic acids is 1. The van der Waals surface area contributed by atoms with Crippen LogP contribution in [0.15, 0.2) is 98.9 Å². The molecule has 0 spiro atoms. The lowest BCUT2D eigenvalue weighted by molar-refractivity contribution is -0.402. The van der Waals surface area contributed by atoms with Crippen molar-refractivity contribution < 1.29 is 50.1 Å². The van der Waals surface area contributed by atoms with E-state index in [0.717, 1.165) is 41.1 Å². The van der Waals surface area contributed by atoms with Crippen LogP contribution in [0.5, 0.6) is 11.5 Å². The van der Waals surface area contributed by atoms with Crippen LogP contribution in [-0.2, 0) is 34.4 Å². The number of alkyl halides is 2. The Labute approximate surface area is 349 Å². The van der Waals surface area contributed by atoms with Gasteiger partial charge >= 0.3 is 0 Å². The fourth-order valence-electron chi connectivity index (χ4n) is 5.24. The van der Waals surface area contributed by atoms with Crippen molar-refractivity contribution in [2.75, 3.05) is 21.3 Å². The molecule has 1 atom stereocenters. The number of fused-ring (bicyclic) bond motifs is 2. The Kier molecular flexibility index (Phi) is 12.8. The zero-order valence-electron chi connectivity index (χ0n) is 28.0. The number of nitrogens with zero attached hydrogens (tertiary/aromatic N) is 5. The number of aromatic hydroxyl groups is 1. The molecule has 1 heterocycles. The van der Waals surface area contributed by atoms with Gasteiger partial charge in [0.15, 0.2) is 11.4 Å². The van der Waals surface area contributed by atoms with E-state index in [4.69, 9.17) is 16.5 Å². The third kappa shape index (κ3) is 9.86. The Morgan fingerprint density at radius 3 is 2.26 bits per heavy atom. The molecule has 5 aromatic carbocycles. The zero-order valence-corrected chi connectivity index (χ0v) is 34.5. The molecule has 296 valence electrons. The molecule has 0 aliphatic carbocycles. The first-order valence-electron chi connectivity index (χ1n) is 15.5. The summed E-state index contributed by atoms with van der Waals surface area (Å²) < 4.78 is 73.5. The van der Waals surface area contributed by atoms with Crippen LogP contribution in [0.3, 0.4) is 0 Å². The van der Waals surface area contributed by atoms with E-state index in [-0.39, 0.29) is 44.7 Å². The van der Waals surface area contributed by atoms with Crippen molar-refractivity contribution in [3.63, 3.8) is 0 Å². The molecule has 25 heteroatoms. The van der Waals surface area contributed by atoms with E-state index >= 15 is 0 Å². The van der Waals surface area contributed by atoms with Gasteiger partial charge in [-0.05, 0) is 69.9 Å². The van der Waals surface area contributed by atoms with E-state index in [9.17, 15) is 35.8 Å². The summed E-state index contributed by atoms with van der Waals surface area (Å²) in [6, 6.07) is 19.2. The predicted octanol–water partition coefficient (Wildman–Crippen LogP) is 8.12. The fourth-order valence-corrected chi connectivity index (χ4v) is 6.99. The maximum absolute atomic E-state index is 12.5. The van der Waals surface area contributed by atoms with E-state index in [1.165, 1.54) is 6.07 Å². The van der Waals surface area contributed by atoms with E-state index < -0.39 is 63.6 Å². The number of carbonyl (C=O) groups is 1. The first-order chi connectivity index (χ1) is 27.0. The molecule has 0 saturated carbocycles. The molecule has 0 bridgehead atoms. The number of rotatable bonds is 14. The number of halogens is 3. The van der Waals surface area contributed by atoms with Crippen molar-refractivity contribution in [1.82, 2.24) is 15.0 Å². The van der Waals surface area contributed by atoms with Gasteiger partial charge in [0, 0.05) is 40.4 Å². The molecular formula is C32H23Br2ClN8O11S3. The van der Waals surface area contributed by atoms with Crippen molar-refractivity contribution in [2.45, 2.75) is 14.6 Å². The molecule has 0 aliphatic rings. The monoisotopic (exact) mass is 984 g/mol. The predicted molar refractivity (Wildman–Crippen MR) is 218 cm³/mol. The summed E-state index contributed by atoms with van der Waals surface area (Å²) >= 11 is 16.0. The number of azo groups is 1. The molecule has 0 fully saturated rings. The second-order valence-corrected chi connectivity index (χ2v) is 16.4. The Bertz CT molecular complexity index is 2800. The van der Waals surface area contributed by atoms with E-state index in [2.05, 4.69) is 95.3 Å². The summed E-state index contributed by atoms with van der Waals surface area (Å²) in [7, 11) is -9.83. The number of hydrogen-bond acceptors (Lipinski definition) is 17. The van der Waals surface area contributed by atoms with Crippen LogP contribution in [0.1, 0.15) is 0 Å². The number of aromatic nitrogens is 3. The van der Waals surface area contributed by atoms with Crippen molar-refractivity contribution in [1.29, 1.82) is 0 Å². The highest BCUT2D eigenvalue weighted by atomic mass is 79.9. The molecule has 19 nitrogen and oxygen atoms in total. The minimum atomic E-state index is -4.93. The van der Waals surface area contributed by atoms with Gasteiger partial charge in [-0.1, -0.05) is 68.3 Å². The Hall–Kier alpha value is -4.76. The number of hydrogen-bond donors (Lipinski definition) is 7. The van der Waals surface area contributed by atoms with Gasteiger partial charge in [-0.3, -0.25) is 13.9 Å². The van der Waals surface area contributed by atoms with Gasteiger partial charge in [0.25, 0.3) is 20.2 Å². The topological polar surface area (TPSA) is 273 Å². The van der Waals surface area contributed by atoms with Crippen LogP contribution in [0.2, 0.25) is 5.28 Å². The number of benzene rings is 5. The molecule has 6 rings (SSSR count). The summed E-state index contributed by atoms with van der Waals surface area (Å²) in [6.07, 6.45) is 0. The molecule has 57 heavy (non-hydrogen) atoms. The van der Waals surface area contributed by atoms with Crippen molar-refractivity contribution in [2.24, 2.45) is 10.2 Å². The number of phenols is 1. The van der Waals surface area contributed by atoms with Crippen LogP contribution in [0, 0.1) is 0 Å². The summed E-state index contributed by atoms with van der Waals surface area (Å²) in [5, 5.41) is 33.8. The highest BCUT2D eigenvalue weighted by molar-refractivity contribution is 9.12. The lowest BCUT2D eigenvalue weighted by Gasteiger charge is -2.15. The molecule has 6 N–H and O–H groups in total. The maximum atomic E-state index is 12.5. The summed E-state index contributed by atoms with van der Waals surface area (Å²) in [5.74, 6) is -2.12. The molecule has 6 aromatic rings. The number of anilines is 5. The highest BCUT2D eigenvalue weighted by Crippen LogP contribution is 2.48. The first-order valence-corrected chi connectivity index (χ1v) is 21.1. The molecule has 0 aliphatic heterocycles. The van der Waals surface area contributed by atoms with Crippen LogP contribution >= 0.6 is 56.4 Å². The number of amides is 1. The zero-order chi connectivity index (χ0) is 41.1. The second kappa shape index (κ2) is 17.4.